The van der Waals surface area contributed by atoms with Crippen molar-refractivity contribution < 1.29 is 8.42 Å². The van der Waals surface area contributed by atoms with Gasteiger partial charge < -0.3 is 0 Å². The molecule has 0 atom stereocenters. The Morgan fingerprint density at radius 3 is 2.22 bits per heavy atom. The van der Waals surface area contributed by atoms with E-state index in [4.69, 9.17) is 0 Å². The molecule has 1 rings (SSSR count). The maximum Gasteiger partial charge on any atom is 0.178 e. The van der Waals surface area contributed by atoms with E-state index >= 15 is 0 Å². The van der Waals surface area contributed by atoms with E-state index in [0.717, 1.165) is 24.8 Å². The molecule has 2 nitrogen and oxygen atoms in total. The monoisotopic (exact) mass is 268 g/mol. The van der Waals surface area contributed by atoms with E-state index in [2.05, 4.69) is 6.92 Å². The molecule has 0 N–H and O–H groups in total. The molecule has 0 saturated heterocycles. The van der Waals surface area contributed by atoms with Gasteiger partial charge in [-0.25, -0.2) is 8.42 Å². The molecule has 3 heteroatoms. The van der Waals surface area contributed by atoms with E-state index in [1.165, 1.54) is 19.3 Å². The standard InChI is InChI=1S/C15H24O2S/c1-3-4-5-6-7-10-13-18(16,17)15-12-9-8-11-14(15)2/h8-9,11-12H,3-7,10,13H2,1-2H3. The lowest BCUT2D eigenvalue weighted by Crippen LogP contribution is -2.08. The SMILES string of the molecule is CCCCCCCCS(=O)(=O)c1ccccc1C. The van der Waals surface area contributed by atoms with Crippen LogP contribution in [-0.4, -0.2) is 14.2 Å². The lowest BCUT2D eigenvalue weighted by atomic mass is 10.1. The summed E-state index contributed by atoms with van der Waals surface area (Å²) in [6.45, 7) is 4.04. The molecule has 1 aromatic rings. The summed E-state index contributed by atoms with van der Waals surface area (Å²) in [7, 11) is -3.08. The summed E-state index contributed by atoms with van der Waals surface area (Å²) in [6.07, 6.45) is 6.65. The second kappa shape index (κ2) is 7.57. The Bertz CT molecular complexity index is 449. The number of benzene rings is 1. The third-order valence-electron chi connectivity index (χ3n) is 3.20. The van der Waals surface area contributed by atoms with Crippen LogP contribution in [0.3, 0.4) is 0 Å². The molecule has 0 heterocycles. The zero-order valence-electron chi connectivity index (χ0n) is 11.5. The quantitative estimate of drug-likeness (QED) is 0.664. The summed E-state index contributed by atoms with van der Waals surface area (Å²) in [4.78, 5) is 0.499. The predicted octanol–water partition coefficient (Wildman–Crippen LogP) is 4.13. The molecule has 0 unspecified atom stereocenters. The molecule has 0 radical (unpaired) electrons. The first-order valence-corrected chi connectivity index (χ1v) is 8.51. The van der Waals surface area contributed by atoms with Gasteiger partial charge in [0.2, 0.25) is 0 Å². The van der Waals surface area contributed by atoms with Crippen molar-refractivity contribution in [3.8, 4) is 0 Å². The molecule has 0 spiro atoms. The van der Waals surface area contributed by atoms with Gasteiger partial charge in [0, 0.05) is 0 Å². The summed E-state index contributed by atoms with van der Waals surface area (Å²) in [5.41, 5.74) is 0.850. The zero-order valence-corrected chi connectivity index (χ0v) is 12.3. The number of hydrogen-bond acceptors (Lipinski definition) is 2. The van der Waals surface area contributed by atoms with Gasteiger partial charge in [-0.15, -0.1) is 0 Å². The van der Waals surface area contributed by atoms with Crippen molar-refractivity contribution in [3.05, 3.63) is 29.8 Å². The van der Waals surface area contributed by atoms with Crippen molar-refractivity contribution in [1.82, 2.24) is 0 Å². The smallest absolute Gasteiger partial charge is 0.178 e. The number of hydrogen-bond donors (Lipinski definition) is 0. The maximum absolute atomic E-state index is 12.1. The second-order valence-corrected chi connectivity index (χ2v) is 6.93. The minimum Gasteiger partial charge on any atom is -0.224 e. The van der Waals surface area contributed by atoms with E-state index in [9.17, 15) is 8.42 Å². The molecule has 0 bridgehead atoms. The van der Waals surface area contributed by atoms with Gasteiger partial charge in [-0.05, 0) is 25.0 Å². The highest BCUT2D eigenvalue weighted by Gasteiger charge is 2.15. The fourth-order valence-corrected chi connectivity index (χ4v) is 3.74. The van der Waals surface area contributed by atoms with Crippen LogP contribution in [0.4, 0.5) is 0 Å². The summed E-state index contributed by atoms with van der Waals surface area (Å²) < 4.78 is 24.3. The Morgan fingerprint density at radius 2 is 1.56 bits per heavy atom. The van der Waals surface area contributed by atoms with Gasteiger partial charge >= 0.3 is 0 Å². The molecular formula is C15H24O2S. The number of sulfone groups is 1. The molecule has 0 aliphatic rings. The first kappa shape index (κ1) is 15.2. The molecular weight excluding hydrogens is 244 g/mol. The van der Waals surface area contributed by atoms with E-state index in [-0.39, 0.29) is 5.75 Å². The van der Waals surface area contributed by atoms with Gasteiger partial charge in [0.15, 0.2) is 9.84 Å². The van der Waals surface area contributed by atoms with Crippen LogP contribution in [0.5, 0.6) is 0 Å². The minimum atomic E-state index is -3.08. The molecule has 102 valence electrons. The van der Waals surface area contributed by atoms with Crippen molar-refractivity contribution in [2.24, 2.45) is 0 Å². The van der Waals surface area contributed by atoms with E-state index < -0.39 is 9.84 Å². The fourth-order valence-electron chi connectivity index (χ4n) is 2.09. The average Bonchev–Trinajstić information content (AvgIpc) is 2.34. The normalized spacial score (nSPS) is 11.7. The number of unbranched alkanes of at least 4 members (excludes halogenated alkanes) is 5. The highest BCUT2D eigenvalue weighted by Crippen LogP contribution is 2.17. The van der Waals surface area contributed by atoms with Gasteiger partial charge in [0.25, 0.3) is 0 Å². The third-order valence-corrected chi connectivity index (χ3v) is 5.15. The zero-order chi connectivity index (χ0) is 13.4. The van der Waals surface area contributed by atoms with Crippen molar-refractivity contribution >= 4 is 9.84 Å². The van der Waals surface area contributed by atoms with Gasteiger partial charge in [-0.2, -0.15) is 0 Å². The lowest BCUT2D eigenvalue weighted by molar-refractivity contribution is 0.583. The highest BCUT2D eigenvalue weighted by atomic mass is 32.2. The highest BCUT2D eigenvalue weighted by molar-refractivity contribution is 7.91. The topological polar surface area (TPSA) is 34.1 Å². The first-order chi connectivity index (χ1) is 8.58. The average molecular weight is 268 g/mol. The summed E-state index contributed by atoms with van der Waals surface area (Å²) in [5, 5.41) is 0. The minimum absolute atomic E-state index is 0.282. The van der Waals surface area contributed by atoms with Crippen LogP contribution in [-0.2, 0) is 9.84 Å². The molecule has 0 aromatic heterocycles. The summed E-state index contributed by atoms with van der Waals surface area (Å²) in [6, 6.07) is 7.23. The van der Waals surface area contributed by atoms with E-state index in [1.54, 1.807) is 12.1 Å². The molecule has 18 heavy (non-hydrogen) atoms. The first-order valence-electron chi connectivity index (χ1n) is 6.86. The predicted molar refractivity (Wildman–Crippen MR) is 76.6 cm³/mol. The fraction of sp³-hybridized carbons (Fsp3) is 0.600. The number of rotatable bonds is 8. The molecule has 0 saturated carbocycles. The van der Waals surface area contributed by atoms with Crippen LogP contribution in [0.1, 0.15) is 51.0 Å². The Hall–Kier alpha value is -0.830. The van der Waals surface area contributed by atoms with Gasteiger partial charge in [0.1, 0.15) is 0 Å². The van der Waals surface area contributed by atoms with Crippen LogP contribution >= 0.6 is 0 Å². The maximum atomic E-state index is 12.1. The van der Waals surface area contributed by atoms with Gasteiger partial charge in [0.05, 0.1) is 10.6 Å². The third kappa shape index (κ3) is 4.81. The van der Waals surface area contributed by atoms with Crippen LogP contribution in [0, 0.1) is 6.92 Å². The molecule has 0 aliphatic carbocycles. The Kier molecular flexibility index (Phi) is 6.41. The van der Waals surface area contributed by atoms with Gasteiger partial charge in [-0.3, -0.25) is 0 Å². The van der Waals surface area contributed by atoms with Crippen LogP contribution < -0.4 is 0 Å². The van der Waals surface area contributed by atoms with Crippen LogP contribution in [0.15, 0.2) is 29.2 Å². The van der Waals surface area contributed by atoms with Crippen LogP contribution in [0.2, 0.25) is 0 Å². The summed E-state index contributed by atoms with van der Waals surface area (Å²) >= 11 is 0. The molecule has 0 amide bonds. The summed E-state index contributed by atoms with van der Waals surface area (Å²) in [5.74, 6) is 0.282. The van der Waals surface area contributed by atoms with Crippen molar-refractivity contribution in [3.63, 3.8) is 0 Å². The Labute approximate surface area is 111 Å². The largest absolute Gasteiger partial charge is 0.224 e. The lowest BCUT2D eigenvalue weighted by Gasteiger charge is -2.07. The van der Waals surface area contributed by atoms with E-state index in [1.807, 2.05) is 19.1 Å². The van der Waals surface area contributed by atoms with Crippen molar-refractivity contribution in [1.29, 1.82) is 0 Å². The van der Waals surface area contributed by atoms with E-state index in [0.29, 0.717) is 4.90 Å². The molecule has 0 aliphatic heterocycles. The molecule has 1 aromatic carbocycles. The van der Waals surface area contributed by atoms with Crippen molar-refractivity contribution in [2.45, 2.75) is 57.3 Å². The van der Waals surface area contributed by atoms with Crippen LogP contribution in [0.25, 0.3) is 0 Å². The van der Waals surface area contributed by atoms with Crippen molar-refractivity contribution in [2.75, 3.05) is 5.75 Å². The molecule has 0 fully saturated rings. The second-order valence-electron chi connectivity index (χ2n) is 4.85. The Balaban J connectivity index is 2.44. The number of aryl methyl sites for hydroxylation is 1. The van der Waals surface area contributed by atoms with Gasteiger partial charge in [-0.1, -0.05) is 57.2 Å². The Morgan fingerprint density at radius 1 is 0.944 bits per heavy atom.